The molecule has 86 valence electrons. The number of nitrogens with zero attached hydrogens (tertiary/aromatic N) is 1. The third-order valence-electron chi connectivity index (χ3n) is 2.44. The molecule has 1 aliphatic rings. The Bertz CT molecular complexity index is 251. The molecule has 0 aliphatic heterocycles. The molecule has 1 atom stereocenters. The fourth-order valence-corrected chi connectivity index (χ4v) is 1.56. The zero-order chi connectivity index (χ0) is 11.4. The molecule has 1 aliphatic carbocycles. The molecule has 2 N–H and O–H groups in total. The van der Waals surface area contributed by atoms with Gasteiger partial charge in [-0.1, -0.05) is 0 Å². The van der Waals surface area contributed by atoms with Gasteiger partial charge in [0.1, 0.15) is 6.04 Å². The normalized spacial score (nSPS) is 17.5. The van der Waals surface area contributed by atoms with E-state index >= 15 is 0 Å². The molecule has 0 saturated heterocycles. The van der Waals surface area contributed by atoms with Crippen molar-refractivity contribution in [2.24, 2.45) is 5.92 Å². The van der Waals surface area contributed by atoms with E-state index in [9.17, 15) is 9.59 Å². The van der Waals surface area contributed by atoms with Crippen LogP contribution in [0, 0.1) is 5.92 Å². The maximum Gasteiger partial charge on any atom is 0.327 e. The average molecular weight is 214 g/mol. The van der Waals surface area contributed by atoms with Crippen molar-refractivity contribution in [3.63, 3.8) is 0 Å². The Morgan fingerprint density at radius 1 is 1.53 bits per heavy atom. The molecule has 1 unspecified atom stereocenters. The van der Waals surface area contributed by atoms with Crippen molar-refractivity contribution in [3.05, 3.63) is 0 Å². The number of amides is 1. The molecule has 1 saturated carbocycles. The first kappa shape index (κ1) is 12.0. The van der Waals surface area contributed by atoms with Crippen molar-refractivity contribution in [1.82, 2.24) is 10.2 Å². The Morgan fingerprint density at radius 2 is 2.13 bits per heavy atom. The summed E-state index contributed by atoms with van der Waals surface area (Å²) in [5, 5.41) is 11.3. The highest BCUT2D eigenvalue weighted by atomic mass is 16.4. The SMILES string of the molecule is CC(=O)NC(CN(C)CC1CC1)C(=O)O. The summed E-state index contributed by atoms with van der Waals surface area (Å²) >= 11 is 0. The third kappa shape index (κ3) is 4.78. The van der Waals surface area contributed by atoms with Crippen molar-refractivity contribution in [3.8, 4) is 0 Å². The van der Waals surface area contributed by atoms with Crippen LogP contribution < -0.4 is 5.32 Å². The molecule has 1 fully saturated rings. The number of carboxylic acid groups (broad SMARTS) is 1. The standard InChI is InChI=1S/C10H18N2O3/c1-7(13)11-9(10(14)15)6-12(2)5-8-3-4-8/h8-9H,3-6H2,1-2H3,(H,11,13)(H,14,15). The number of carbonyl (C=O) groups excluding carboxylic acids is 1. The lowest BCUT2D eigenvalue weighted by atomic mass is 10.2. The number of likely N-dealkylation sites (N-methyl/N-ethyl adjacent to an activating group) is 1. The summed E-state index contributed by atoms with van der Waals surface area (Å²) in [6.07, 6.45) is 2.48. The second kappa shape index (κ2) is 5.11. The molecule has 0 aromatic rings. The van der Waals surface area contributed by atoms with Gasteiger partial charge in [0.25, 0.3) is 0 Å². The first-order valence-electron chi connectivity index (χ1n) is 5.17. The van der Waals surface area contributed by atoms with Crippen LogP contribution in [0.4, 0.5) is 0 Å². The number of nitrogens with one attached hydrogen (secondary N) is 1. The van der Waals surface area contributed by atoms with E-state index in [-0.39, 0.29) is 5.91 Å². The van der Waals surface area contributed by atoms with E-state index in [1.165, 1.54) is 19.8 Å². The predicted octanol–water partition coefficient (Wildman–Crippen LogP) is -0.0825. The fourth-order valence-electron chi connectivity index (χ4n) is 1.56. The molecule has 0 bridgehead atoms. The van der Waals surface area contributed by atoms with Crippen LogP contribution in [-0.2, 0) is 9.59 Å². The monoisotopic (exact) mass is 214 g/mol. The molecule has 0 spiro atoms. The summed E-state index contributed by atoms with van der Waals surface area (Å²) in [6, 6.07) is -0.800. The Hall–Kier alpha value is -1.10. The van der Waals surface area contributed by atoms with Gasteiger partial charge in [-0.25, -0.2) is 4.79 Å². The van der Waals surface area contributed by atoms with Crippen molar-refractivity contribution in [2.75, 3.05) is 20.1 Å². The maximum absolute atomic E-state index is 10.8. The zero-order valence-electron chi connectivity index (χ0n) is 9.19. The number of carboxylic acids is 1. The summed E-state index contributed by atoms with van der Waals surface area (Å²) < 4.78 is 0. The van der Waals surface area contributed by atoms with Crippen LogP contribution in [0.15, 0.2) is 0 Å². The third-order valence-corrected chi connectivity index (χ3v) is 2.44. The summed E-state index contributed by atoms with van der Waals surface area (Å²) in [5.41, 5.74) is 0. The molecule has 0 radical (unpaired) electrons. The van der Waals surface area contributed by atoms with Crippen molar-refractivity contribution < 1.29 is 14.7 Å². The van der Waals surface area contributed by atoms with E-state index in [1.54, 1.807) is 0 Å². The topological polar surface area (TPSA) is 69.6 Å². The van der Waals surface area contributed by atoms with Gasteiger partial charge in [-0.2, -0.15) is 0 Å². The van der Waals surface area contributed by atoms with E-state index in [2.05, 4.69) is 5.32 Å². The molecule has 5 nitrogen and oxygen atoms in total. The first-order valence-corrected chi connectivity index (χ1v) is 5.17. The lowest BCUT2D eigenvalue weighted by Gasteiger charge is -2.21. The van der Waals surface area contributed by atoms with Gasteiger partial charge in [-0.15, -0.1) is 0 Å². The Labute approximate surface area is 89.4 Å². The van der Waals surface area contributed by atoms with Gasteiger partial charge in [-0.05, 0) is 25.8 Å². The number of carbonyl (C=O) groups is 2. The van der Waals surface area contributed by atoms with Crippen LogP contribution in [0.2, 0.25) is 0 Å². The van der Waals surface area contributed by atoms with Crippen LogP contribution in [0.3, 0.4) is 0 Å². The van der Waals surface area contributed by atoms with Crippen LogP contribution in [0.5, 0.6) is 0 Å². The van der Waals surface area contributed by atoms with Crippen LogP contribution >= 0.6 is 0 Å². The van der Waals surface area contributed by atoms with Crippen LogP contribution in [0.25, 0.3) is 0 Å². The van der Waals surface area contributed by atoms with E-state index in [4.69, 9.17) is 5.11 Å². The van der Waals surface area contributed by atoms with Gasteiger partial charge >= 0.3 is 5.97 Å². The molecule has 0 heterocycles. The number of aliphatic carboxylic acids is 1. The van der Waals surface area contributed by atoms with Gasteiger partial charge in [0.15, 0.2) is 0 Å². The van der Waals surface area contributed by atoms with E-state index < -0.39 is 12.0 Å². The smallest absolute Gasteiger partial charge is 0.327 e. The molecule has 1 rings (SSSR count). The quantitative estimate of drug-likeness (QED) is 0.648. The van der Waals surface area contributed by atoms with Crippen LogP contribution in [-0.4, -0.2) is 48.1 Å². The highest BCUT2D eigenvalue weighted by molar-refractivity contribution is 5.82. The van der Waals surface area contributed by atoms with E-state index in [1.807, 2.05) is 11.9 Å². The largest absolute Gasteiger partial charge is 0.480 e. The summed E-state index contributed by atoms with van der Waals surface area (Å²) in [4.78, 5) is 23.6. The highest BCUT2D eigenvalue weighted by Gasteiger charge is 2.26. The number of hydrogen-bond acceptors (Lipinski definition) is 3. The van der Waals surface area contributed by atoms with Gasteiger partial charge in [-0.3, -0.25) is 4.79 Å². The van der Waals surface area contributed by atoms with Gasteiger partial charge < -0.3 is 15.3 Å². The maximum atomic E-state index is 10.8. The van der Waals surface area contributed by atoms with Crippen LogP contribution in [0.1, 0.15) is 19.8 Å². The minimum absolute atomic E-state index is 0.303. The average Bonchev–Trinajstić information content (AvgIpc) is 2.85. The molecule has 0 aromatic heterocycles. The number of rotatable bonds is 6. The highest BCUT2D eigenvalue weighted by Crippen LogP contribution is 2.29. The van der Waals surface area contributed by atoms with Gasteiger partial charge in [0.05, 0.1) is 0 Å². The minimum atomic E-state index is -0.979. The van der Waals surface area contributed by atoms with Gasteiger partial charge in [0.2, 0.25) is 5.91 Å². The first-order chi connectivity index (χ1) is 6.99. The lowest BCUT2D eigenvalue weighted by molar-refractivity contribution is -0.142. The van der Waals surface area contributed by atoms with E-state index in [0.717, 1.165) is 12.5 Å². The van der Waals surface area contributed by atoms with E-state index in [0.29, 0.717) is 6.54 Å². The zero-order valence-corrected chi connectivity index (χ0v) is 9.19. The molecular formula is C10H18N2O3. The fraction of sp³-hybridized carbons (Fsp3) is 0.800. The molecular weight excluding hydrogens is 196 g/mol. The molecule has 1 amide bonds. The van der Waals surface area contributed by atoms with Crippen molar-refractivity contribution >= 4 is 11.9 Å². The van der Waals surface area contributed by atoms with Crippen molar-refractivity contribution in [2.45, 2.75) is 25.8 Å². The lowest BCUT2D eigenvalue weighted by Crippen LogP contribution is -2.47. The summed E-state index contributed by atoms with van der Waals surface area (Å²) in [5.74, 6) is -0.558. The minimum Gasteiger partial charge on any atom is -0.480 e. The Morgan fingerprint density at radius 3 is 2.53 bits per heavy atom. The summed E-state index contributed by atoms with van der Waals surface area (Å²) in [7, 11) is 1.88. The number of hydrogen-bond donors (Lipinski definition) is 2. The molecule has 15 heavy (non-hydrogen) atoms. The second-order valence-corrected chi connectivity index (χ2v) is 4.26. The second-order valence-electron chi connectivity index (χ2n) is 4.26. The predicted molar refractivity (Wildman–Crippen MR) is 55.5 cm³/mol. The Kier molecular flexibility index (Phi) is 4.08. The molecule has 0 aromatic carbocycles. The van der Waals surface area contributed by atoms with Gasteiger partial charge in [0, 0.05) is 20.0 Å². The Balaban J connectivity index is 2.34. The molecule has 5 heteroatoms. The van der Waals surface area contributed by atoms with Crippen molar-refractivity contribution in [1.29, 1.82) is 0 Å². The summed E-state index contributed by atoms with van der Waals surface area (Å²) in [6.45, 7) is 2.62.